The second-order valence-corrected chi connectivity index (χ2v) is 7.72. The zero-order chi connectivity index (χ0) is 19.5. The van der Waals surface area contributed by atoms with Gasteiger partial charge in [0, 0.05) is 38.6 Å². The van der Waals surface area contributed by atoms with Crippen molar-refractivity contribution in [1.29, 1.82) is 0 Å². The van der Waals surface area contributed by atoms with Gasteiger partial charge >= 0.3 is 0 Å². The molecule has 1 amide bonds. The summed E-state index contributed by atoms with van der Waals surface area (Å²) in [4.78, 5) is 17.2. The highest BCUT2D eigenvalue weighted by molar-refractivity contribution is 5.77. The maximum atomic E-state index is 13.5. The molecule has 2 heterocycles. The Bertz CT molecular complexity index is 833. The van der Waals surface area contributed by atoms with Gasteiger partial charge in [0.05, 0.1) is 6.61 Å². The van der Waals surface area contributed by atoms with Crippen LogP contribution in [-0.2, 0) is 4.79 Å². The minimum absolute atomic E-state index is 0.148. The van der Waals surface area contributed by atoms with Gasteiger partial charge in [-0.1, -0.05) is 30.3 Å². The number of amides is 1. The van der Waals surface area contributed by atoms with Crippen molar-refractivity contribution in [1.82, 2.24) is 9.80 Å². The van der Waals surface area contributed by atoms with Crippen molar-refractivity contribution in [3.63, 3.8) is 0 Å². The van der Waals surface area contributed by atoms with Gasteiger partial charge in [-0.2, -0.15) is 0 Å². The molecule has 0 bridgehead atoms. The molecule has 0 spiro atoms. The van der Waals surface area contributed by atoms with Crippen molar-refractivity contribution in [2.24, 2.45) is 0 Å². The molecular formula is C23H27FN2O2. The number of fused-ring (bicyclic) bond motifs is 1. The molecule has 2 aliphatic heterocycles. The van der Waals surface area contributed by atoms with E-state index in [2.05, 4.69) is 17.9 Å². The average molecular weight is 382 g/mol. The van der Waals surface area contributed by atoms with E-state index in [-0.39, 0.29) is 23.7 Å². The van der Waals surface area contributed by atoms with E-state index in [9.17, 15) is 9.18 Å². The van der Waals surface area contributed by atoms with E-state index in [1.54, 1.807) is 12.1 Å². The molecule has 1 fully saturated rings. The first-order valence-electron chi connectivity index (χ1n) is 10.1. The monoisotopic (exact) mass is 382 g/mol. The number of piperazine rings is 1. The number of rotatable bonds is 4. The molecule has 0 aliphatic carbocycles. The van der Waals surface area contributed by atoms with Crippen LogP contribution in [-0.4, -0.2) is 48.5 Å². The lowest BCUT2D eigenvalue weighted by Crippen LogP contribution is -2.49. The van der Waals surface area contributed by atoms with Gasteiger partial charge < -0.3 is 9.64 Å². The summed E-state index contributed by atoms with van der Waals surface area (Å²) in [5.41, 5.74) is 2.14. The number of ether oxygens (including phenoxy) is 1. The number of benzene rings is 2. The molecule has 2 atom stereocenters. The van der Waals surface area contributed by atoms with E-state index >= 15 is 0 Å². The summed E-state index contributed by atoms with van der Waals surface area (Å²) in [7, 11) is 0. The van der Waals surface area contributed by atoms with Crippen LogP contribution in [0.1, 0.15) is 42.9 Å². The average Bonchev–Trinajstić information content (AvgIpc) is 2.73. The maximum Gasteiger partial charge on any atom is 0.223 e. The van der Waals surface area contributed by atoms with Crippen LogP contribution in [0.3, 0.4) is 0 Å². The molecule has 148 valence electrons. The van der Waals surface area contributed by atoms with E-state index in [0.717, 1.165) is 49.5 Å². The van der Waals surface area contributed by atoms with E-state index in [1.165, 1.54) is 6.07 Å². The molecule has 2 unspecified atom stereocenters. The third-order valence-electron chi connectivity index (χ3n) is 6.05. The van der Waals surface area contributed by atoms with E-state index in [4.69, 9.17) is 4.74 Å². The van der Waals surface area contributed by atoms with Crippen LogP contribution < -0.4 is 4.74 Å². The Labute approximate surface area is 165 Å². The third kappa shape index (κ3) is 4.04. The van der Waals surface area contributed by atoms with Crippen molar-refractivity contribution < 1.29 is 13.9 Å². The van der Waals surface area contributed by atoms with Gasteiger partial charge in [0.15, 0.2) is 0 Å². The maximum absolute atomic E-state index is 13.5. The minimum atomic E-state index is -0.199. The Balaban J connectivity index is 1.33. The Hall–Kier alpha value is -2.40. The van der Waals surface area contributed by atoms with Gasteiger partial charge in [0.25, 0.3) is 0 Å². The number of hydrogen-bond donors (Lipinski definition) is 0. The fourth-order valence-corrected chi connectivity index (χ4v) is 4.30. The number of para-hydroxylation sites is 1. The van der Waals surface area contributed by atoms with Crippen molar-refractivity contribution in [2.75, 3.05) is 32.8 Å². The highest BCUT2D eigenvalue weighted by atomic mass is 19.1. The van der Waals surface area contributed by atoms with Gasteiger partial charge in [-0.25, -0.2) is 4.39 Å². The number of carbonyl (C=O) groups is 1. The summed E-state index contributed by atoms with van der Waals surface area (Å²) >= 11 is 0. The van der Waals surface area contributed by atoms with Crippen LogP contribution >= 0.6 is 0 Å². The van der Waals surface area contributed by atoms with Crippen molar-refractivity contribution in [2.45, 2.75) is 31.7 Å². The fourth-order valence-electron chi connectivity index (χ4n) is 4.30. The summed E-state index contributed by atoms with van der Waals surface area (Å²) in [5.74, 6) is 1.18. The summed E-state index contributed by atoms with van der Waals surface area (Å²) < 4.78 is 19.2. The van der Waals surface area contributed by atoms with Gasteiger partial charge in [0.2, 0.25) is 5.91 Å². The van der Waals surface area contributed by atoms with Crippen LogP contribution in [0.5, 0.6) is 5.75 Å². The number of nitrogens with zero attached hydrogens (tertiary/aromatic N) is 2. The van der Waals surface area contributed by atoms with E-state index < -0.39 is 0 Å². The minimum Gasteiger partial charge on any atom is -0.493 e. The first-order chi connectivity index (χ1) is 13.6. The molecule has 2 aromatic rings. The topological polar surface area (TPSA) is 32.8 Å². The highest BCUT2D eigenvalue weighted by Crippen LogP contribution is 2.36. The van der Waals surface area contributed by atoms with Crippen molar-refractivity contribution in [3.8, 4) is 5.75 Å². The summed E-state index contributed by atoms with van der Waals surface area (Å²) in [5, 5.41) is 0. The normalized spacial score (nSPS) is 20.9. The Morgan fingerprint density at radius 2 is 1.93 bits per heavy atom. The predicted octanol–water partition coefficient (Wildman–Crippen LogP) is 3.99. The number of halogens is 1. The molecule has 1 saturated heterocycles. The Morgan fingerprint density at radius 3 is 2.71 bits per heavy atom. The largest absolute Gasteiger partial charge is 0.493 e. The smallest absolute Gasteiger partial charge is 0.223 e. The summed E-state index contributed by atoms with van der Waals surface area (Å²) in [6.45, 7) is 5.85. The predicted molar refractivity (Wildman–Crippen MR) is 107 cm³/mol. The third-order valence-corrected chi connectivity index (χ3v) is 6.05. The molecule has 0 N–H and O–H groups in total. The second-order valence-electron chi connectivity index (χ2n) is 7.72. The first kappa shape index (κ1) is 18.9. The lowest BCUT2D eigenvalue weighted by Gasteiger charge is -2.39. The molecule has 28 heavy (non-hydrogen) atoms. The highest BCUT2D eigenvalue weighted by Gasteiger charge is 2.29. The quantitative estimate of drug-likeness (QED) is 0.802. The standard InChI is InChI=1S/C23H27FN2O2/c1-17(18-5-4-6-20(24)15-18)25-10-12-26(13-11-25)23(27)16-19-9-14-28-22-8-3-2-7-21(19)22/h2-8,15,17,19H,9-14,16H2,1H3. The van der Waals surface area contributed by atoms with Crippen LogP contribution in [0.15, 0.2) is 48.5 Å². The Morgan fingerprint density at radius 1 is 1.14 bits per heavy atom. The molecule has 2 aromatic carbocycles. The van der Waals surface area contributed by atoms with Gasteiger partial charge in [-0.15, -0.1) is 0 Å². The molecule has 0 aromatic heterocycles. The second kappa shape index (κ2) is 8.31. The molecular weight excluding hydrogens is 355 g/mol. The van der Waals surface area contributed by atoms with Crippen molar-refractivity contribution in [3.05, 3.63) is 65.5 Å². The van der Waals surface area contributed by atoms with Crippen molar-refractivity contribution >= 4 is 5.91 Å². The number of carbonyl (C=O) groups excluding carboxylic acids is 1. The van der Waals surface area contributed by atoms with Crippen LogP contribution in [0.4, 0.5) is 4.39 Å². The number of hydrogen-bond acceptors (Lipinski definition) is 3. The molecule has 0 saturated carbocycles. The lowest BCUT2D eigenvalue weighted by molar-refractivity contribution is -0.133. The Kier molecular flexibility index (Phi) is 5.62. The van der Waals surface area contributed by atoms with Crippen LogP contribution in [0.25, 0.3) is 0 Å². The zero-order valence-electron chi connectivity index (χ0n) is 16.3. The SMILES string of the molecule is CC(c1cccc(F)c1)N1CCN(C(=O)CC2CCOc3ccccc32)CC1. The van der Waals surface area contributed by atoms with Gasteiger partial charge in [0.1, 0.15) is 11.6 Å². The first-order valence-corrected chi connectivity index (χ1v) is 10.1. The molecule has 0 radical (unpaired) electrons. The summed E-state index contributed by atoms with van der Waals surface area (Å²) in [6, 6.07) is 15.0. The van der Waals surface area contributed by atoms with Crippen LogP contribution in [0.2, 0.25) is 0 Å². The van der Waals surface area contributed by atoms with E-state index in [0.29, 0.717) is 13.0 Å². The van der Waals surface area contributed by atoms with Gasteiger partial charge in [-0.05, 0) is 48.6 Å². The molecule has 4 rings (SSSR count). The molecule has 2 aliphatic rings. The molecule has 4 nitrogen and oxygen atoms in total. The fraction of sp³-hybridized carbons (Fsp3) is 0.435. The van der Waals surface area contributed by atoms with Crippen LogP contribution in [0, 0.1) is 5.82 Å². The van der Waals surface area contributed by atoms with Gasteiger partial charge in [-0.3, -0.25) is 9.69 Å². The summed E-state index contributed by atoms with van der Waals surface area (Å²) in [6.07, 6.45) is 1.43. The lowest BCUT2D eigenvalue weighted by atomic mass is 9.90. The zero-order valence-corrected chi connectivity index (χ0v) is 16.3. The van der Waals surface area contributed by atoms with E-state index in [1.807, 2.05) is 29.2 Å². The molecule has 5 heteroatoms.